The molecule has 4 heteroatoms. The zero-order valence-corrected chi connectivity index (χ0v) is 13.3. The Labute approximate surface area is 127 Å². The van der Waals surface area contributed by atoms with E-state index in [4.69, 9.17) is 17.4 Å². The van der Waals surface area contributed by atoms with Crippen molar-refractivity contribution in [3.63, 3.8) is 0 Å². The first-order chi connectivity index (χ1) is 9.61. The number of nitrogens with zero attached hydrogens (tertiary/aromatic N) is 1. The van der Waals surface area contributed by atoms with Crippen molar-refractivity contribution >= 4 is 11.6 Å². The number of benzene rings is 1. The van der Waals surface area contributed by atoms with Gasteiger partial charge in [-0.05, 0) is 57.0 Å². The van der Waals surface area contributed by atoms with Gasteiger partial charge in [-0.25, -0.2) is 0 Å². The molecule has 0 radical (unpaired) electrons. The maximum Gasteiger partial charge on any atom is 0.0641 e. The highest BCUT2D eigenvalue weighted by atomic mass is 35.5. The third-order valence-electron chi connectivity index (χ3n) is 4.79. The van der Waals surface area contributed by atoms with E-state index >= 15 is 0 Å². The third-order valence-corrected chi connectivity index (χ3v) is 5.04. The molecule has 1 fully saturated rings. The average molecular weight is 296 g/mol. The van der Waals surface area contributed by atoms with Crippen molar-refractivity contribution in [3.8, 4) is 0 Å². The number of hydrogen-bond donors (Lipinski definition) is 2. The first kappa shape index (κ1) is 15.8. The summed E-state index contributed by atoms with van der Waals surface area (Å²) in [7, 11) is 0. The van der Waals surface area contributed by atoms with Gasteiger partial charge in [0.2, 0.25) is 0 Å². The van der Waals surface area contributed by atoms with Gasteiger partial charge in [-0.2, -0.15) is 0 Å². The lowest BCUT2D eigenvalue weighted by Crippen LogP contribution is -2.57. The van der Waals surface area contributed by atoms with Crippen LogP contribution in [-0.4, -0.2) is 23.5 Å². The molecule has 2 unspecified atom stereocenters. The summed E-state index contributed by atoms with van der Waals surface area (Å²) in [6.45, 7) is 6.89. The molecule has 1 aliphatic rings. The molecule has 0 aromatic heterocycles. The van der Waals surface area contributed by atoms with Crippen LogP contribution in [-0.2, 0) is 0 Å². The number of nitrogens with one attached hydrogen (secondary N) is 1. The molecule has 112 valence electrons. The minimum Gasteiger partial charge on any atom is -0.296 e. The Morgan fingerprint density at radius 1 is 1.25 bits per heavy atom. The number of nitrogens with two attached hydrogens (primary N) is 1. The van der Waals surface area contributed by atoms with Crippen LogP contribution < -0.4 is 11.3 Å². The number of halogens is 1. The summed E-state index contributed by atoms with van der Waals surface area (Å²) in [4.78, 5) is 2.59. The van der Waals surface area contributed by atoms with E-state index in [2.05, 4.69) is 36.3 Å². The van der Waals surface area contributed by atoms with Crippen molar-refractivity contribution in [2.75, 3.05) is 13.1 Å². The van der Waals surface area contributed by atoms with Crippen molar-refractivity contribution in [2.45, 2.75) is 51.1 Å². The van der Waals surface area contributed by atoms with Crippen LogP contribution in [0.1, 0.15) is 51.1 Å². The molecule has 0 saturated carbocycles. The molecule has 1 heterocycles. The molecular weight excluding hydrogens is 270 g/mol. The van der Waals surface area contributed by atoms with Crippen LogP contribution in [0.3, 0.4) is 0 Å². The molecule has 1 aromatic carbocycles. The summed E-state index contributed by atoms with van der Waals surface area (Å²) in [6, 6.07) is 8.14. The van der Waals surface area contributed by atoms with Gasteiger partial charge in [0.15, 0.2) is 0 Å². The highest BCUT2D eigenvalue weighted by molar-refractivity contribution is 6.30. The number of rotatable bonds is 5. The Morgan fingerprint density at radius 2 is 1.85 bits per heavy atom. The molecule has 2 rings (SSSR count). The normalized spacial score (nSPS) is 21.4. The minimum absolute atomic E-state index is 0.0308. The molecule has 3 nitrogen and oxygen atoms in total. The molecule has 3 N–H and O–H groups in total. The topological polar surface area (TPSA) is 41.3 Å². The first-order valence-corrected chi connectivity index (χ1v) is 7.96. The van der Waals surface area contributed by atoms with Gasteiger partial charge in [0.1, 0.15) is 0 Å². The van der Waals surface area contributed by atoms with E-state index < -0.39 is 0 Å². The fourth-order valence-corrected chi connectivity index (χ4v) is 3.43. The van der Waals surface area contributed by atoms with Crippen LogP contribution in [0.2, 0.25) is 5.02 Å². The van der Waals surface area contributed by atoms with Crippen molar-refractivity contribution in [2.24, 2.45) is 5.84 Å². The lowest BCUT2D eigenvalue weighted by molar-refractivity contribution is 0.0424. The van der Waals surface area contributed by atoms with Gasteiger partial charge in [0.25, 0.3) is 0 Å². The van der Waals surface area contributed by atoms with Gasteiger partial charge in [0, 0.05) is 10.6 Å². The highest BCUT2D eigenvalue weighted by Crippen LogP contribution is 2.35. The zero-order valence-electron chi connectivity index (χ0n) is 12.5. The van der Waals surface area contributed by atoms with E-state index in [9.17, 15) is 0 Å². The van der Waals surface area contributed by atoms with Crippen molar-refractivity contribution in [1.82, 2.24) is 10.3 Å². The molecular formula is C16H26ClN3. The van der Waals surface area contributed by atoms with Crippen LogP contribution >= 0.6 is 11.6 Å². The maximum atomic E-state index is 5.99. The lowest BCUT2D eigenvalue weighted by atomic mass is 9.82. The monoisotopic (exact) mass is 295 g/mol. The second kappa shape index (κ2) is 6.90. The first-order valence-electron chi connectivity index (χ1n) is 7.58. The van der Waals surface area contributed by atoms with E-state index in [1.165, 1.54) is 24.8 Å². The Balaban J connectivity index is 2.27. The van der Waals surface area contributed by atoms with Gasteiger partial charge >= 0.3 is 0 Å². The molecule has 20 heavy (non-hydrogen) atoms. The number of piperidine rings is 1. The average Bonchev–Trinajstić information content (AvgIpc) is 2.50. The predicted octanol–water partition coefficient (Wildman–Crippen LogP) is 3.50. The summed E-state index contributed by atoms with van der Waals surface area (Å²) in [5.74, 6) is 5.90. The molecule has 1 aromatic rings. The van der Waals surface area contributed by atoms with Gasteiger partial charge in [0.05, 0.1) is 6.04 Å². The largest absolute Gasteiger partial charge is 0.296 e. The van der Waals surface area contributed by atoms with Crippen molar-refractivity contribution in [1.29, 1.82) is 0 Å². The third kappa shape index (κ3) is 3.17. The Bertz CT molecular complexity index is 414. The molecule has 1 aliphatic heterocycles. The van der Waals surface area contributed by atoms with Crippen molar-refractivity contribution in [3.05, 3.63) is 34.9 Å². The summed E-state index contributed by atoms with van der Waals surface area (Å²) in [5.41, 5.74) is 4.27. The standard InChI is InChI=1S/C16H26ClN3/c1-3-16(2,20-11-5-4-6-12-20)15(19-18)13-7-9-14(17)10-8-13/h7-10,15,19H,3-6,11-12,18H2,1-2H3. The molecule has 0 bridgehead atoms. The molecule has 2 atom stereocenters. The second-order valence-corrected chi connectivity index (χ2v) is 6.35. The quantitative estimate of drug-likeness (QED) is 0.645. The molecule has 0 spiro atoms. The molecule has 0 amide bonds. The molecule has 0 aliphatic carbocycles. The van der Waals surface area contributed by atoms with Gasteiger partial charge in [-0.1, -0.05) is 37.1 Å². The summed E-state index contributed by atoms with van der Waals surface area (Å²) >= 11 is 5.99. The molecule has 1 saturated heterocycles. The van der Waals surface area contributed by atoms with E-state index in [0.717, 1.165) is 24.5 Å². The van der Waals surface area contributed by atoms with Crippen molar-refractivity contribution < 1.29 is 0 Å². The van der Waals surface area contributed by atoms with Crippen LogP contribution in [0.15, 0.2) is 24.3 Å². The van der Waals surface area contributed by atoms with Crippen LogP contribution in [0.25, 0.3) is 0 Å². The SMILES string of the molecule is CCC(C)(C(NN)c1ccc(Cl)cc1)N1CCCCC1. The number of hydrogen-bond acceptors (Lipinski definition) is 3. The summed E-state index contributed by atoms with van der Waals surface area (Å²) in [6.07, 6.45) is 4.98. The van der Waals surface area contributed by atoms with E-state index in [0.29, 0.717) is 0 Å². The van der Waals surface area contributed by atoms with E-state index in [-0.39, 0.29) is 11.6 Å². The number of likely N-dealkylation sites (tertiary alicyclic amines) is 1. The van der Waals surface area contributed by atoms with Crippen LogP contribution in [0, 0.1) is 0 Å². The predicted molar refractivity (Wildman–Crippen MR) is 85.6 cm³/mol. The van der Waals surface area contributed by atoms with E-state index in [1.54, 1.807) is 0 Å². The number of hydrazine groups is 1. The Hall–Kier alpha value is -0.610. The fraction of sp³-hybridized carbons (Fsp3) is 0.625. The smallest absolute Gasteiger partial charge is 0.0641 e. The minimum atomic E-state index is 0.0308. The highest BCUT2D eigenvalue weighted by Gasteiger charge is 2.39. The van der Waals surface area contributed by atoms with Crippen LogP contribution in [0.5, 0.6) is 0 Å². The second-order valence-electron chi connectivity index (χ2n) is 5.91. The summed E-state index contributed by atoms with van der Waals surface area (Å²) < 4.78 is 0. The lowest BCUT2D eigenvalue weighted by Gasteiger charge is -2.48. The van der Waals surface area contributed by atoms with Gasteiger partial charge < -0.3 is 0 Å². The summed E-state index contributed by atoms with van der Waals surface area (Å²) in [5, 5.41) is 0.765. The Morgan fingerprint density at radius 3 is 2.35 bits per heavy atom. The van der Waals surface area contributed by atoms with Gasteiger partial charge in [-0.15, -0.1) is 0 Å². The van der Waals surface area contributed by atoms with Crippen LogP contribution in [0.4, 0.5) is 0 Å². The van der Waals surface area contributed by atoms with E-state index in [1.807, 2.05) is 12.1 Å². The maximum absolute atomic E-state index is 5.99. The zero-order chi connectivity index (χ0) is 14.6. The fourth-order valence-electron chi connectivity index (χ4n) is 3.31. The Kier molecular flexibility index (Phi) is 5.44. The van der Waals surface area contributed by atoms with Gasteiger partial charge in [-0.3, -0.25) is 16.2 Å².